The molecule has 1 aliphatic carbocycles. The third-order valence-corrected chi connectivity index (χ3v) is 6.18. The molecule has 0 spiro atoms. The normalized spacial score (nSPS) is 25.6. The molecule has 1 saturated heterocycles. The quantitative estimate of drug-likeness (QED) is 0.827. The van der Waals surface area contributed by atoms with Gasteiger partial charge in [0.15, 0.2) is 0 Å². The molecule has 2 nitrogen and oxygen atoms in total. The molecule has 1 heterocycles. The Morgan fingerprint density at radius 2 is 2.00 bits per heavy atom. The van der Waals surface area contributed by atoms with Crippen molar-refractivity contribution in [2.75, 3.05) is 13.1 Å². The molecule has 1 saturated carbocycles. The van der Waals surface area contributed by atoms with Crippen LogP contribution in [0.1, 0.15) is 50.1 Å². The Morgan fingerprint density at radius 1 is 1.24 bits per heavy atom. The Labute approximate surface area is 141 Å². The SMILES string of the molecule is NCC(c1cc(Cl)ccc1Br)N1CCCC1C1CCCC1. The Morgan fingerprint density at radius 3 is 2.71 bits per heavy atom. The summed E-state index contributed by atoms with van der Waals surface area (Å²) in [7, 11) is 0. The number of hydrogen-bond acceptors (Lipinski definition) is 2. The second-order valence-electron chi connectivity index (χ2n) is 6.41. The van der Waals surface area contributed by atoms with Gasteiger partial charge in [-0.05, 0) is 61.9 Å². The molecule has 0 aromatic heterocycles. The first kappa shape index (κ1) is 15.8. The van der Waals surface area contributed by atoms with Gasteiger partial charge in [0, 0.05) is 28.1 Å². The van der Waals surface area contributed by atoms with E-state index in [1.165, 1.54) is 50.6 Å². The zero-order valence-electron chi connectivity index (χ0n) is 12.4. The van der Waals surface area contributed by atoms with E-state index < -0.39 is 0 Å². The first-order valence-corrected chi connectivity index (χ1v) is 9.28. The highest BCUT2D eigenvalue weighted by Crippen LogP contribution is 2.40. The number of benzene rings is 1. The lowest BCUT2D eigenvalue weighted by Crippen LogP contribution is -2.40. The molecule has 0 bridgehead atoms. The molecule has 1 aromatic carbocycles. The molecule has 1 aliphatic heterocycles. The van der Waals surface area contributed by atoms with E-state index in [1.807, 2.05) is 12.1 Å². The summed E-state index contributed by atoms with van der Waals surface area (Å²) in [5, 5.41) is 0.795. The van der Waals surface area contributed by atoms with Crippen molar-refractivity contribution in [3.05, 3.63) is 33.3 Å². The summed E-state index contributed by atoms with van der Waals surface area (Å²) >= 11 is 9.89. The molecule has 2 N–H and O–H groups in total. The van der Waals surface area contributed by atoms with Gasteiger partial charge >= 0.3 is 0 Å². The second kappa shape index (κ2) is 6.99. The van der Waals surface area contributed by atoms with E-state index in [-0.39, 0.29) is 6.04 Å². The van der Waals surface area contributed by atoms with Gasteiger partial charge in [0.2, 0.25) is 0 Å². The van der Waals surface area contributed by atoms with Crippen LogP contribution in [-0.4, -0.2) is 24.0 Å². The Hall–Kier alpha value is -0.0900. The Bertz CT molecular complexity index is 488. The van der Waals surface area contributed by atoms with E-state index in [0.29, 0.717) is 12.6 Å². The summed E-state index contributed by atoms with van der Waals surface area (Å²) in [5.74, 6) is 0.875. The average molecular weight is 372 g/mol. The molecule has 21 heavy (non-hydrogen) atoms. The first-order chi connectivity index (χ1) is 10.2. The highest BCUT2D eigenvalue weighted by atomic mass is 79.9. The van der Waals surface area contributed by atoms with Crippen LogP contribution in [0.25, 0.3) is 0 Å². The topological polar surface area (TPSA) is 29.3 Å². The lowest BCUT2D eigenvalue weighted by atomic mass is 9.94. The van der Waals surface area contributed by atoms with Crippen LogP contribution in [0.3, 0.4) is 0 Å². The highest BCUT2D eigenvalue weighted by molar-refractivity contribution is 9.10. The number of hydrogen-bond donors (Lipinski definition) is 1. The fraction of sp³-hybridized carbons (Fsp3) is 0.647. The van der Waals surface area contributed by atoms with Crippen LogP contribution in [0.2, 0.25) is 5.02 Å². The molecular weight excluding hydrogens is 348 g/mol. The van der Waals surface area contributed by atoms with Crippen molar-refractivity contribution in [2.45, 2.75) is 50.6 Å². The number of halogens is 2. The van der Waals surface area contributed by atoms with Crippen LogP contribution in [0.15, 0.2) is 22.7 Å². The lowest BCUT2D eigenvalue weighted by Gasteiger charge is -2.36. The van der Waals surface area contributed by atoms with E-state index in [1.54, 1.807) is 0 Å². The lowest BCUT2D eigenvalue weighted by molar-refractivity contribution is 0.137. The van der Waals surface area contributed by atoms with Gasteiger partial charge in [0.1, 0.15) is 0 Å². The third-order valence-electron chi connectivity index (χ3n) is 5.23. The standard InChI is InChI=1S/C17H24BrClN2/c18-15-8-7-13(19)10-14(15)17(11-20)21-9-3-6-16(21)12-4-1-2-5-12/h7-8,10,12,16-17H,1-6,9,11,20H2. The van der Waals surface area contributed by atoms with E-state index >= 15 is 0 Å². The minimum atomic E-state index is 0.283. The van der Waals surface area contributed by atoms with Crippen molar-refractivity contribution in [3.63, 3.8) is 0 Å². The van der Waals surface area contributed by atoms with Gasteiger partial charge in [-0.15, -0.1) is 0 Å². The molecule has 0 amide bonds. The summed E-state index contributed by atoms with van der Waals surface area (Å²) in [6.07, 6.45) is 8.24. The molecule has 1 aromatic rings. The van der Waals surface area contributed by atoms with Gasteiger partial charge in [0.25, 0.3) is 0 Å². The Balaban J connectivity index is 1.86. The smallest absolute Gasteiger partial charge is 0.0485 e. The van der Waals surface area contributed by atoms with E-state index in [2.05, 4.69) is 26.9 Å². The van der Waals surface area contributed by atoms with Crippen LogP contribution in [0.5, 0.6) is 0 Å². The number of nitrogens with two attached hydrogens (primary N) is 1. The van der Waals surface area contributed by atoms with Crippen molar-refractivity contribution in [2.24, 2.45) is 11.7 Å². The van der Waals surface area contributed by atoms with Crippen LogP contribution in [-0.2, 0) is 0 Å². The summed E-state index contributed by atoms with van der Waals surface area (Å²) in [4.78, 5) is 2.66. The van der Waals surface area contributed by atoms with Gasteiger partial charge in [-0.25, -0.2) is 0 Å². The van der Waals surface area contributed by atoms with Gasteiger partial charge in [-0.1, -0.05) is 40.4 Å². The third kappa shape index (κ3) is 3.31. The number of nitrogens with zero attached hydrogens (tertiary/aromatic N) is 1. The van der Waals surface area contributed by atoms with Crippen molar-refractivity contribution in [1.29, 1.82) is 0 Å². The monoisotopic (exact) mass is 370 g/mol. The molecule has 2 aliphatic rings. The second-order valence-corrected chi connectivity index (χ2v) is 7.70. The van der Waals surface area contributed by atoms with Crippen molar-refractivity contribution < 1.29 is 0 Å². The fourth-order valence-electron chi connectivity index (χ4n) is 4.26. The number of likely N-dealkylation sites (tertiary alicyclic amines) is 1. The molecule has 2 atom stereocenters. The van der Waals surface area contributed by atoms with E-state index in [0.717, 1.165) is 15.4 Å². The molecule has 116 valence electrons. The minimum Gasteiger partial charge on any atom is -0.329 e. The summed E-state index contributed by atoms with van der Waals surface area (Å²) in [5.41, 5.74) is 7.40. The summed E-state index contributed by atoms with van der Waals surface area (Å²) in [6, 6.07) is 7.05. The minimum absolute atomic E-state index is 0.283. The summed E-state index contributed by atoms with van der Waals surface area (Å²) < 4.78 is 1.12. The van der Waals surface area contributed by atoms with Gasteiger partial charge < -0.3 is 5.73 Å². The maximum atomic E-state index is 6.21. The van der Waals surface area contributed by atoms with Crippen LogP contribution >= 0.6 is 27.5 Å². The van der Waals surface area contributed by atoms with Crippen LogP contribution < -0.4 is 5.73 Å². The van der Waals surface area contributed by atoms with Crippen LogP contribution in [0, 0.1) is 5.92 Å². The van der Waals surface area contributed by atoms with Crippen LogP contribution in [0.4, 0.5) is 0 Å². The predicted octanol–water partition coefficient (Wildman–Crippen LogP) is 4.76. The van der Waals surface area contributed by atoms with Crippen molar-refractivity contribution >= 4 is 27.5 Å². The average Bonchev–Trinajstić information content (AvgIpc) is 3.14. The zero-order chi connectivity index (χ0) is 14.8. The summed E-state index contributed by atoms with van der Waals surface area (Å²) in [6.45, 7) is 1.82. The molecular formula is C17H24BrClN2. The molecule has 0 radical (unpaired) electrons. The zero-order valence-corrected chi connectivity index (χ0v) is 14.7. The van der Waals surface area contributed by atoms with Gasteiger partial charge in [-0.3, -0.25) is 4.90 Å². The largest absolute Gasteiger partial charge is 0.329 e. The maximum absolute atomic E-state index is 6.21. The first-order valence-electron chi connectivity index (χ1n) is 8.11. The molecule has 4 heteroatoms. The number of rotatable bonds is 4. The van der Waals surface area contributed by atoms with Crippen molar-refractivity contribution in [3.8, 4) is 0 Å². The predicted molar refractivity (Wildman–Crippen MR) is 92.6 cm³/mol. The highest BCUT2D eigenvalue weighted by Gasteiger charge is 2.37. The van der Waals surface area contributed by atoms with E-state index in [4.69, 9.17) is 17.3 Å². The van der Waals surface area contributed by atoms with E-state index in [9.17, 15) is 0 Å². The molecule has 2 unspecified atom stereocenters. The fourth-order valence-corrected chi connectivity index (χ4v) is 4.95. The maximum Gasteiger partial charge on any atom is 0.0485 e. The van der Waals surface area contributed by atoms with Gasteiger partial charge in [0.05, 0.1) is 0 Å². The molecule has 3 rings (SSSR count). The van der Waals surface area contributed by atoms with Crippen molar-refractivity contribution in [1.82, 2.24) is 4.90 Å². The Kier molecular flexibility index (Phi) is 5.26. The van der Waals surface area contributed by atoms with Gasteiger partial charge in [-0.2, -0.15) is 0 Å². The molecule has 2 fully saturated rings.